The van der Waals surface area contributed by atoms with Gasteiger partial charge in [0.2, 0.25) is 0 Å². The predicted octanol–water partition coefficient (Wildman–Crippen LogP) is 4.39. The number of carbonyl (C=O) groups excluding carboxylic acids is 1. The molecule has 0 aliphatic rings. The van der Waals surface area contributed by atoms with Crippen molar-refractivity contribution in [3.8, 4) is 16.5 Å². The molecule has 3 rings (SSSR count). The summed E-state index contributed by atoms with van der Waals surface area (Å²) in [5.41, 5.74) is -0.224. The fraction of sp³-hybridized carbons (Fsp3) is 0.235. The Morgan fingerprint density at radius 1 is 1.22 bits per heavy atom. The third kappa shape index (κ3) is 5.81. The molecule has 0 spiro atoms. The third-order valence-corrected chi connectivity index (χ3v) is 3.91. The van der Waals surface area contributed by atoms with Gasteiger partial charge in [0.05, 0.1) is 17.0 Å². The summed E-state index contributed by atoms with van der Waals surface area (Å²) in [5.74, 6) is -0.413. The van der Waals surface area contributed by atoms with E-state index in [4.69, 9.17) is 0 Å². The molecule has 10 heteroatoms. The highest BCUT2D eigenvalue weighted by atomic mass is 32.1. The van der Waals surface area contributed by atoms with Gasteiger partial charge in [-0.05, 0) is 23.6 Å². The largest absolute Gasteiger partial charge is 0.573 e. The van der Waals surface area contributed by atoms with Crippen molar-refractivity contribution in [1.82, 2.24) is 20.5 Å². The van der Waals surface area contributed by atoms with Crippen LogP contribution in [-0.4, -0.2) is 27.5 Å². The van der Waals surface area contributed by atoms with Crippen LogP contribution in [0.2, 0.25) is 0 Å². The molecular formula is C17H17F3N4O2S. The highest BCUT2D eigenvalue weighted by Gasteiger charge is 2.32. The van der Waals surface area contributed by atoms with Crippen molar-refractivity contribution in [1.29, 1.82) is 0 Å². The first kappa shape index (κ1) is 20.4. The van der Waals surface area contributed by atoms with Crippen LogP contribution in [0.15, 0.2) is 41.8 Å². The second-order valence-corrected chi connectivity index (χ2v) is 5.76. The van der Waals surface area contributed by atoms with Crippen LogP contribution in [0, 0.1) is 0 Å². The number of ether oxygens (including phenoxy) is 1. The molecular weight excluding hydrogens is 381 g/mol. The number of alkyl halides is 3. The Bertz CT molecular complexity index is 863. The van der Waals surface area contributed by atoms with Crippen LogP contribution < -0.4 is 10.1 Å². The van der Waals surface area contributed by atoms with Gasteiger partial charge < -0.3 is 10.1 Å². The first-order valence-electron chi connectivity index (χ1n) is 8.00. The minimum Gasteiger partial charge on any atom is -0.405 e. The summed E-state index contributed by atoms with van der Waals surface area (Å²) in [6, 6.07) is 8.82. The van der Waals surface area contributed by atoms with Crippen LogP contribution in [-0.2, 0) is 6.54 Å². The fourth-order valence-electron chi connectivity index (χ4n) is 2.02. The van der Waals surface area contributed by atoms with Crippen molar-refractivity contribution in [2.45, 2.75) is 26.8 Å². The Morgan fingerprint density at radius 2 is 1.96 bits per heavy atom. The van der Waals surface area contributed by atoms with Crippen LogP contribution in [0.3, 0.4) is 0 Å². The fourth-order valence-corrected chi connectivity index (χ4v) is 2.68. The Kier molecular flexibility index (Phi) is 6.94. The maximum atomic E-state index is 12.4. The average molecular weight is 398 g/mol. The first-order valence-corrected chi connectivity index (χ1v) is 8.88. The molecule has 144 valence electrons. The van der Waals surface area contributed by atoms with Crippen LogP contribution in [0.1, 0.15) is 30.0 Å². The molecule has 3 aromatic rings. The number of amides is 1. The summed E-state index contributed by atoms with van der Waals surface area (Å²) in [5, 5.41) is 11.1. The third-order valence-electron chi connectivity index (χ3n) is 3.05. The smallest absolute Gasteiger partial charge is 0.405 e. The molecule has 0 bridgehead atoms. The second-order valence-electron chi connectivity index (χ2n) is 4.81. The van der Waals surface area contributed by atoms with Gasteiger partial charge >= 0.3 is 6.36 Å². The van der Waals surface area contributed by atoms with E-state index in [1.165, 1.54) is 29.5 Å². The molecule has 0 saturated carbocycles. The summed E-state index contributed by atoms with van der Waals surface area (Å²) in [4.78, 5) is 17.2. The van der Waals surface area contributed by atoms with E-state index in [1.807, 2.05) is 31.4 Å². The monoisotopic (exact) mass is 398 g/mol. The average Bonchev–Trinajstić information content (AvgIpc) is 3.32. The molecule has 27 heavy (non-hydrogen) atoms. The number of halogens is 3. The summed E-state index contributed by atoms with van der Waals surface area (Å²) in [6.07, 6.45) is -4.88. The van der Waals surface area contributed by atoms with Gasteiger partial charge in [-0.25, -0.2) is 4.98 Å². The quantitative estimate of drug-likeness (QED) is 0.668. The van der Waals surface area contributed by atoms with Crippen LogP contribution in [0.4, 0.5) is 13.2 Å². The van der Waals surface area contributed by atoms with Gasteiger partial charge in [-0.2, -0.15) is 5.10 Å². The molecule has 0 aliphatic heterocycles. The van der Waals surface area contributed by atoms with E-state index < -0.39 is 18.0 Å². The number of para-hydroxylation sites is 1. The van der Waals surface area contributed by atoms with Crippen LogP contribution in [0.5, 0.6) is 5.75 Å². The van der Waals surface area contributed by atoms with Gasteiger partial charge in [0.15, 0.2) is 5.82 Å². The van der Waals surface area contributed by atoms with Crippen molar-refractivity contribution >= 4 is 17.2 Å². The predicted molar refractivity (Wildman–Crippen MR) is 95.3 cm³/mol. The SMILES string of the molecule is CC.O=C(NCc1nc(-c2cccs2)n[nH]1)c1ccccc1OC(F)(F)F. The van der Waals surface area contributed by atoms with Gasteiger partial charge in [0.25, 0.3) is 5.91 Å². The number of hydrogen-bond acceptors (Lipinski definition) is 5. The maximum absolute atomic E-state index is 12.4. The van der Waals surface area contributed by atoms with Gasteiger partial charge in [0, 0.05) is 0 Å². The van der Waals surface area contributed by atoms with Gasteiger partial charge in [-0.1, -0.05) is 32.0 Å². The van der Waals surface area contributed by atoms with E-state index in [1.54, 1.807) is 0 Å². The summed E-state index contributed by atoms with van der Waals surface area (Å²) in [7, 11) is 0. The lowest BCUT2D eigenvalue weighted by Crippen LogP contribution is -2.26. The molecule has 6 nitrogen and oxygen atoms in total. The topological polar surface area (TPSA) is 79.9 Å². The highest BCUT2D eigenvalue weighted by molar-refractivity contribution is 7.13. The molecule has 1 aromatic carbocycles. The number of nitrogens with zero attached hydrogens (tertiary/aromatic N) is 2. The molecule has 2 N–H and O–H groups in total. The van der Waals surface area contributed by atoms with Crippen LogP contribution in [0.25, 0.3) is 10.7 Å². The normalized spacial score (nSPS) is 10.7. The lowest BCUT2D eigenvalue weighted by atomic mass is 10.2. The molecule has 0 unspecified atom stereocenters. The Hall–Kier alpha value is -2.88. The van der Waals surface area contributed by atoms with E-state index in [-0.39, 0.29) is 12.1 Å². The number of aromatic amines is 1. The van der Waals surface area contributed by atoms with Gasteiger partial charge in [-0.3, -0.25) is 9.89 Å². The Balaban J connectivity index is 0.00000126. The minimum atomic E-state index is -4.88. The van der Waals surface area contributed by atoms with E-state index in [0.717, 1.165) is 10.9 Å². The molecule has 0 aliphatic carbocycles. The molecule has 1 amide bonds. The maximum Gasteiger partial charge on any atom is 0.573 e. The number of carbonyl (C=O) groups is 1. The summed E-state index contributed by atoms with van der Waals surface area (Å²) >= 11 is 1.46. The van der Waals surface area contributed by atoms with E-state index >= 15 is 0 Å². The molecule has 0 fully saturated rings. The zero-order valence-electron chi connectivity index (χ0n) is 14.5. The van der Waals surface area contributed by atoms with Gasteiger partial charge in [0.1, 0.15) is 11.6 Å². The zero-order chi connectivity index (χ0) is 19.9. The minimum absolute atomic E-state index is 0.0163. The lowest BCUT2D eigenvalue weighted by Gasteiger charge is -2.12. The molecule has 0 atom stereocenters. The van der Waals surface area contributed by atoms with Crippen molar-refractivity contribution < 1.29 is 22.7 Å². The number of H-pyrrole nitrogens is 1. The second kappa shape index (κ2) is 9.17. The van der Waals surface area contributed by atoms with Crippen molar-refractivity contribution in [3.63, 3.8) is 0 Å². The Morgan fingerprint density at radius 3 is 2.63 bits per heavy atom. The number of nitrogens with one attached hydrogen (secondary N) is 2. The number of hydrogen-bond donors (Lipinski definition) is 2. The zero-order valence-corrected chi connectivity index (χ0v) is 15.3. The number of rotatable bonds is 5. The first-order chi connectivity index (χ1) is 12.9. The van der Waals surface area contributed by atoms with Crippen molar-refractivity contribution in [2.75, 3.05) is 0 Å². The number of thiophene rings is 1. The molecule has 0 radical (unpaired) electrons. The summed E-state index contributed by atoms with van der Waals surface area (Å²) < 4.78 is 41.1. The molecule has 2 aromatic heterocycles. The van der Waals surface area contributed by atoms with Crippen molar-refractivity contribution in [3.05, 3.63) is 53.2 Å². The lowest BCUT2D eigenvalue weighted by molar-refractivity contribution is -0.274. The summed E-state index contributed by atoms with van der Waals surface area (Å²) in [6.45, 7) is 3.98. The number of benzene rings is 1. The van der Waals surface area contributed by atoms with E-state index in [2.05, 4.69) is 25.2 Å². The van der Waals surface area contributed by atoms with E-state index in [0.29, 0.717) is 11.6 Å². The molecule has 0 saturated heterocycles. The number of aromatic nitrogens is 3. The van der Waals surface area contributed by atoms with Gasteiger partial charge in [-0.15, -0.1) is 24.5 Å². The van der Waals surface area contributed by atoms with Crippen molar-refractivity contribution in [2.24, 2.45) is 0 Å². The highest BCUT2D eigenvalue weighted by Crippen LogP contribution is 2.26. The molecule has 2 heterocycles. The Labute approximate surface area is 157 Å². The standard InChI is InChI=1S/C15H11F3N4O2S.C2H6/c16-15(17,18)24-10-5-2-1-4-9(10)14(23)19-8-12-20-13(22-21-12)11-6-3-7-25-11;1-2/h1-7H,8H2,(H,19,23)(H,20,21,22);1-2H3. The van der Waals surface area contributed by atoms with Crippen LogP contribution >= 0.6 is 11.3 Å². The van der Waals surface area contributed by atoms with E-state index in [9.17, 15) is 18.0 Å².